The van der Waals surface area contributed by atoms with Crippen molar-refractivity contribution in [1.29, 1.82) is 0 Å². The van der Waals surface area contributed by atoms with Crippen LogP contribution in [0.3, 0.4) is 0 Å². The van der Waals surface area contributed by atoms with Crippen molar-refractivity contribution in [2.24, 2.45) is 0 Å². The van der Waals surface area contributed by atoms with Gasteiger partial charge in [-0.25, -0.2) is 0 Å². The number of carbonyl (C=O) groups excluding carboxylic acids is 1. The first-order valence-electron chi connectivity index (χ1n) is 8.60. The molecule has 1 N–H and O–H groups in total. The predicted molar refractivity (Wildman–Crippen MR) is 97.7 cm³/mol. The molecule has 1 saturated heterocycles. The zero-order valence-corrected chi connectivity index (χ0v) is 14.1. The second-order valence-electron chi connectivity index (χ2n) is 6.13. The molecular weight excluding hydrogens is 300 g/mol. The highest BCUT2D eigenvalue weighted by Gasteiger charge is 2.19. The third kappa shape index (κ3) is 4.07. The maximum absolute atomic E-state index is 12.5. The van der Waals surface area contributed by atoms with Crippen LogP contribution in [0.15, 0.2) is 54.6 Å². The maximum Gasteiger partial charge on any atom is 0.265 e. The minimum absolute atomic E-state index is 0.136. The molecule has 2 aromatic carbocycles. The molecule has 3 rings (SSSR count). The Morgan fingerprint density at radius 3 is 2.42 bits per heavy atom. The van der Waals surface area contributed by atoms with Crippen molar-refractivity contribution in [1.82, 2.24) is 0 Å². The first kappa shape index (κ1) is 16.4. The first-order chi connectivity index (χ1) is 11.7. The summed E-state index contributed by atoms with van der Waals surface area (Å²) in [5.41, 5.74) is 1.95. The number of hydrogen-bond donors (Lipinski definition) is 1. The second kappa shape index (κ2) is 7.86. The van der Waals surface area contributed by atoms with Crippen LogP contribution in [0.25, 0.3) is 0 Å². The van der Waals surface area contributed by atoms with E-state index in [0.717, 1.165) is 24.5 Å². The lowest BCUT2D eigenvalue weighted by atomic mass is 10.1. The Morgan fingerprint density at radius 2 is 1.67 bits per heavy atom. The van der Waals surface area contributed by atoms with Crippen LogP contribution >= 0.6 is 0 Å². The Labute approximate surface area is 143 Å². The Bertz CT molecular complexity index is 666. The van der Waals surface area contributed by atoms with E-state index in [1.54, 1.807) is 6.92 Å². The number of amides is 1. The minimum atomic E-state index is -0.554. The zero-order valence-electron chi connectivity index (χ0n) is 14.1. The van der Waals surface area contributed by atoms with E-state index in [9.17, 15) is 4.79 Å². The number of anilines is 2. The molecule has 1 aliphatic heterocycles. The molecule has 2 aromatic rings. The van der Waals surface area contributed by atoms with Gasteiger partial charge in [-0.3, -0.25) is 4.79 Å². The Morgan fingerprint density at radius 1 is 1.00 bits per heavy atom. The summed E-state index contributed by atoms with van der Waals surface area (Å²) in [6.07, 6.45) is 3.14. The van der Waals surface area contributed by atoms with Crippen LogP contribution in [0, 0.1) is 0 Å². The molecule has 1 unspecified atom stereocenters. The van der Waals surface area contributed by atoms with Gasteiger partial charge in [-0.2, -0.15) is 0 Å². The van der Waals surface area contributed by atoms with E-state index in [2.05, 4.69) is 16.3 Å². The van der Waals surface area contributed by atoms with Crippen LogP contribution in [-0.2, 0) is 4.79 Å². The van der Waals surface area contributed by atoms with Crippen LogP contribution in [-0.4, -0.2) is 25.1 Å². The van der Waals surface area contributed by atoms with Crippen molar-refractivity contribution < 1.29 is 9.53 Å². The van der Waals surface area contributed by atoms with E-state index in [-0.39, 0.29) is 5.91 Å². The van der Waals surface area contributed by atoms with Crippen LogP contribution < -0.4 is 15.0 Å². The lowest BCUT2D eigenvalue weighted by Gasteiger charge is -2.30. The number of ether oxygens (including phenoxy) is 1. The highest BCUT2D eigenvalue weighted by molar-refractivity contribution is 5.97. The van der Waals surface area contributed by atoms with Gasteiger partial charge in [0.1, 0.15) is 5.75 Å². The van der Waals surface area contributed by atoms with Gasteiger partial charge >= 0.3 is 0 Å². The largest absolute Gasteiger partial charge is 0.481 e. The molecule has 1 atom stereocenters. The van der Waals surface area contributed by atoms with E-state index in [1.165, 1.54) is 19.3 Å². The summed E-state index contributed by atoms with van der Waals surface area (Å²) in [7, 11) is 0. The fourth-order valence-corrected chi connectivity index (χ4v) is 2.98. The average Bonchev–Trinajstić information content (AvgIpc) is 2.63. The van der Waals surface area contributed by atoms with Crippen molar-refractivity contribution in [3.05, 3.63) is 54.6 Å². The summed E-state index contributed by atoms with van der Waals surface area (Å²) in [4.78, 5) is 14.8. The second-order valence-corrected chi connectivity index (χ2v) is 6.13. The molecule has 0 aromatic heterocycles. The molecule has 0 radical (unpaired) electrons. The SMILES string of the molecule is CC(Oc1ccccc1)C(=O)Nc1ccccc1N1CCCCC1. The lowest BCUT2D eigenvalue weighted by molar-refractivity contribution is -0.122. The van der Waals surface area contributed by atoms with Crippen molar-refractivity contribution >= 4 is 17.3 Å². The van der Waals surface area contributed by atoms with Gasteiger partial charge in [0.15, 0.2) is 6.10 Å². The van der Waals surface area contributed by atoms with Gasteiger partial charge in [0.2, 0.25) is 0 Å². The van der Waals surface area contributed by atoms with Crippen LogP contribution in [0.5, 0.6) is 5.75 Å². The molecule has 0 spiro atoms. The summed E-state index contributed by atoms with van der Waals surface area (Å²) < 4.78 is 5.71. The third-order valence-electron chi connectivity index (χ3n) is 4.28. The molecule has 4 heteroatoms. The lowest BCUT2D eigenvalue weighted by Crippen LogP contribution is -2.33. The van der Waals surface area contributed by atoms with Crippen molar-refractivity contribution in [2.75, 3.05) is 23.3 Å². The monoisotopic (exact) mass is 324 g/mol. The number of benzene rings is 2. The quantitative estimate of drug-likeness (QED) is 0.901. The van der Waals surface area contributed by atoms with Crippen molar-refractivity contribution in [3.63, 3.8) is 0 Å². The van der Waals surface area contributed by atoms with Crippen LogP contribution in [0.4, 0.5) is 11.4 Å². The molecule has 0 saturated carbocycles. The third-order valence-corrected chi connectivity index (χ3v) is 4.28. The van der Waals surface area contributed by atoms with Gasteiger partial charge in [0.05, 0.1) is 11.4 Å². The smallest absolute Gasteiger partial charge is 0.265 e. The van der Waals surface area contributed by atoms with E-state index >= 15 is 0 Å². The number of hydrogen-bond acceptors (Lipinski definition) is 3. The molecule has 1 amide bonds. The van der Waals surface area contributed by atoms with Crippen LogP contribution in [0.1, 0.15) is 26.2 Å². The topological polar surface area (TPSA) is 41.6 Å². The standard InChI is InChI=1S/C20H24N2O2/c1-16(24-17-10-4-2-5-11-17)20(23)21-18-12-6-7-13-19(18)22-14-8-3-9-15-22/h2,4-7,10-13,16H,3,8-9,14-15H2,1H3,(H,21,23). The summed E-state index contributed by atoms with van der Waals surface area (Å²) in [6.45, 7) is 3.86. The highest BCUT2D eigenvalue weighted by Crippen LogP contribution is 2.28. The van der Waals surface area contributed by atoms with Gasteiger partial charge < -0.3 is 15.0 Å². The first-order valence-corrected chi connectivity index (χ1v) is 8.60. The molecule has 1 heterocycles. The normalized spacial score (nSPS) is 15.6. The molecule has 4 nitrogen and oxygen atoms in total. The molecule has 1 aliphatic rings. The Balaban J connectivity index is 1.67. The number of nitrogens with zero attached hydrogens (tertiary/aromatic N) is 1. The maximum atomic E-state index is 12.5. The number of para-hydroxylation sites is 3. The molecule has 0 bridgehead atoms. The fourth-order valence-electron chi connectivity index (χ4n) is 2.98. The Hall–Kier alpha value is -2.49. The summed E-state index contributed by atoms with van der Waals surface area (Å²) >= 11 is 0. The summed E-state index contributed by atoms with van der Waals surface area (Å²) in [5.74, 6) is 0.563. The molecule has 0 aliphatic carbocycles. The van der Waals surface area contributed by atoms with Gasteiger partial charge in [-0.15, -0.1) is 0 Å². The molecule has 126 valence electrons. The van der Waals surface area contributed by atoms with E-state index in [0.29, 0.717) is 5.75 Å². The highest BCUT2D eigenvalue weighted by atomic mass is 16.5. The molecule has 1 fully saturated rings. The van der Waals surface area contributed by atoms with E-state index in [4.69, 9.17) is 4.74 Å². The minimum Gasteiger partial charge on any atom is -0.481 e. The number of rotatable bonds is 5. The van der Waals surface area contributed by atoms with Gasteiger partial charge in [0, 0.05) is 13.1 Å². The summed E-state index contributed by atoms with van der Waals surface area (Å²) in [5, 5.41) is 3.02. The predicted octanol–water partition coefficient (Wildman–Crippen LogP) is 4.08. The van der Waals surface area contributed by atoms with Crippen molar-refractivity contribution in [2.45, 2.75) is 32.3 Å². The number of carbonyl (C=O) groups is 1. The van der Waals surface area contributed by atoms with Gasteiger partial charge in [0.25, 0.3) is 5.91 Å². The van der Waals surface area contributed by atoms with E-state index < -0.39 is 6.10 Å². The van der Waals surface area contributed by atoms with E-state index in [1.807, 2.05) is 48.5 Å². The van der Waals surface area contributed by atoms with Gasteiger partial charge in [-0.1, -0.05) is 30.3 Å². The van der Waals surface area contributed by atoms with Crippen LogP contribution in [0.2, 0.25) is 0 Å². The van der Waals surface area contributed by atoms with Gasteiger partial charge in [-0.05, 0) is 50.5 Å². The number of piperidine rings is 1. The summed E-state index contributed by atoms with van der Waals surface area (Å²) in [6, 6.07) is 17.4. The molecule has 24 heavy (non-hydrogen) atoms. The zero-order chi connectivity index (χ0) is 16.8. The average molecular weight is 324 g/mol. The number of nitrogens with one attached hydrogen (secondary N) is 1. The molecular formula is C20H24N2O2. The fraction of sp³-hybridized carbons (Fsp3) is 0.350. The Kier molecular flexibility index (Phi) is 5.36. The van der Waals surface area contributed by atoms with Crippen molar-refractivity contribution in [3.8, 4) is 5.75 Å².